The highest BCUT2D eigenvalue weighted by molar-refractivity contribution is 6.18. The van der Waals surface area contributed by atoms with Crippen LogP contribution in [0.3, 0.4) is 0 Å². The van der Waals surface area contributed by atoms with Crippen molar-refractivity contribution in [1.82, 2.24) is 10.2 Å². The Bertz CT molecular complexity index is 1340. The van der Waals surface area contributed by atoms with Crippen molar-refractivity contribution in [3.8, 4) is 50.9 Å². The average molecular weight is 491 g/mol. The molecular weight excluding hydrogens is 464 g/mol. The lowest BCUT2D eigenvalue weighted by Gasteiger charge is -2.25. The molecule has 180 valence electrons. The molecule has 0 bridgehead atoms. The Labute approximate surface area is 209 Å². The number of nitrogens with one attached hydrogen (secondary N) is 1. The van der Waals surface area contributed by atoms with Gasteiger partial charge in [0.15, 0.2) is 11.5 Å². The topological polar surface area (TPSA) is 87.6 Å². The van der Waals surface area contributed by atoms with Crippen LogP contribution in [0.25, 0.3) is 33.6 Å². The quantitative estimate of drug-likeness (QED) is 0.245. The predicted molar refractivity (Wildman–Crippen MR) is 137 cm³/mol. The van der Waals surface area contributed by atoms with Crippen LogP contribution >= 0.6 is 11.6 Å². The normalized spacial score (nSPS) is 13.7. The Hall–Kier alpha value is -3.48. The van der Waals surface area contributed by atoms with Crippen molar-refractivity contribution < 1.29 is 19.7 Å². The molecule has 1 atom stereocenters. The summed E-state index contributed by atoms with van der Waals surface area (Å²) in [7, 11) is 1.62. The van der Waals surface area contributed by atoms with Gasteiger partial charge in [-0.2, -0.15) is 5.10 Å². The smallest absolute Gasteiger partial charge is 0.161 e. The molecule has 5 rings (SSSR count). The third-order valence-corrected chi connectivity index (χ3v) is 7.18. The number of halogens is 1. The number of H-pyrrole nitrogens is 1. The number of aliphatic hydroxyl groups is 1. The number of phenolic OH excluding ortho intramolecular Hbond substituents is 1. The lowest BCUT2D eigenvalue weighted by atomic mass is 9.96. The molecule has 1 heterocycles. The maximum Gasteiger partial charge on any atom is 0.161 e. The standard InChI is InChI=1S/C28H27ClN2O4/c1-28(14-29,15-32)16-35-25-12-20-11-23-26(30-31-27(23)22(20)13-24(25)34-2)19-5-3-17(4-6-19)18-7-9-21(33)10-8-18/h3-10,12-13,32-33H,11,14-16H2,1-2H3,(H,30,31). The zero-order valence-electron chi connectivity index (χ0n) is 19.6. The molecule has 3 aromatic carbocycles. The van der Waals surface area contributed by atoms with E-state index in [1.165, 1.54) is 0 Å². The van der Waals surface area contributed by atoms with E-state index >= 15 is 0 Å². The molecule has 0 fully saturated rings. The van der Waals surface area contributed by atoms with Crippen molar-refractivity contribution in [3.05, 3.63) is 71.8 Å². The van der Waals surface area contributed by atoms with Gasteiger partial charge in [-0.1, -0.05) is 43.3 Å². The summed E-state index contributed by atoms with van der Waals surface area (Å²) in [5.41, 5.74) is 7.84. The van der Waals surface area contributed by atoms with E-state index in [1.54, 1.807) is 19.2 Å². The van der Waals surface area contributed by atoms with E-state index in [1.807, 2.05) is 31.2 Å². The Morgan fingerprint density at radius 1 is 1.00 bits per heavy atom. The average Bonchev–Trinajstić information content (AvgIpc) is 3.46. The first-order chi connectivity index (χ1) is 16.9. The van der Waals surface area contributed by atoms with Gasteiger partial charge in [0.1, 0.15) is 5.75 Å². The third-order valence-electron chi connectivity index (χ3n) is 6.53. The van der Waals surface area contributed by atoms with Crippen molar-refractivity contribution in [1.29, 1.82) is 0 Å². The fourth-order valence-electron chi connectivity index (χ4n) is 4.30. The summed E-state index contributed by atoms with van der Waals surface area (Å²) >= 11 is 6.02. The molecule has 7 heteroatoms. The molecule has 0 radical (unpaired) electrons. The van der Waals surface area contributed by atoms with Crippen molar-refractivity contribution in [3.63, 3.8) is 0 Å². The van der Waals surface area contributed by atoms with Gasteiger partial charge < -0.3 is 19.7 Å². The lowest BCUT2D eigenvalue weighted by molar-refractivity contribution is 0.0986. The number of hydrogen-bond acceptors (Lipinski definition) is 5. The first-order valence-electron chi connectivity index (χ1n) is 11.4. The summed E-state index contributed by atoms with van der Waals surface area (Å²) in [4.78, 5) is 0. The van der Waals surface area contributed by atoms with Gasteiger partial charge in [0.25, 0.3) is 0 Å². The number of aromatic hydroxyl groups is 1. The minimum absolute atomic E-state index is 0.0606. The number of rotatable bonds is 8. The van der Waals surface area contributed by atoms with Crippen LogP contribution in [0.4, 0.5) is 0 Å². The van der Waals surface area contributed by atoms with E-state index in [0.29, 0.717) is 17.4 Å². The minimum Gasteiger partial charge on any atom is -0.508 e. The summed E-state index contributed by atoms with van der Waals surface area (Å²) in [6.07, 6.45) is 0.726. The zero-order chi connectivity index (χ0) is 24.6. The van der Waals surface area contributed by atoms with Crippen LogP contribution in [0.5, 0.6) is 17.2 Å². The maximum absolute atomic E-state index is 9.65. The monoisotopic (exact) mass is 490 g/mol. The molecule has 1 aliphatic rings. The molecule has 0 saturated carbocycles. The van der Waals surface area contributed by atoms with E-state index in [9.17, 15) is 10.2 Å². The van der Waals surface area contributed by atoms with Gasteiger partial charge >= 0.3 is 0 Å². The van der Waals surface area contributed by atoms with Crippen LogP contribution in [-0.4, -0.2) is 46.6 Å². The molecular formula is C28H27ClN2O4. The number of hydrogen-bond donors (Lipinski definition) is 3. The van der Waals surface area contributed by atoms with E-state index in [0.717, 1.165) is 51.2 Å². The molecule has 35 heavy (non-hydrogen) atoms. The number of ether oxygens (including phenoxy) is 2. The van der Waals surface area contributed by atoms with Crippen LogP contribution in [0, 0.1) is 5.41 Å². The molecule has 0 saturated heterocycles. The van der Waals surface area contributed by atoms with Crippen molar-refractivity contribution in [2.45, 2.75) is 13.3 Å². The summed E-state index contributed by atoms with van der Waals surface area (Å²) in [6, 6.07) is 19.4. The van der Waals surface area contributed by atoms with Gasteiger partial charge in [0, 0.05) is 34.4 Å². The molecule has 1 aliphatic carbocycles. The van der Waals surface area contributed by atoms with Crippen molar-refractivity contribution >= 4 is 11.6 Å². The predicted octanol–water partition coefficient (Wildman–Crippen LogP) is 5.65. The first kappa shape index (κ1) is 23.3. The Kier molecular flexibility index (Phi) is 6.17. The largest absolute Gasteiger partial charge is 0.508 e. The van der Waals surface area contributed by atoms with E-state index in [2.05, 4.69) is 34.5 Å². The Morgan fingerprint density at radius 2 is 1.66 bits per heavy atom. The van der Waals surface area contributed by atoms with Crippen molar-refractivity contribution in [2.24, 2.45) is 5.41 Å². The molecule has 3 N–H and O–H groups in total. The highest BCUT2D eigenvalue weighted by Gasteiger charge is 2.29. The van der Waals surface area contributed by atoms with Gasteiger partial charge in [-0.05, 0) is 41.0 Å². The molecule has 0 spiro atoms. The first-order valence-corrected chi connectivity index (χ1v) is 12.0. The number of methoxy groups -OCH3 is 1. The number of alkyl halides is 1. The second kappa shape index (κ2) is 9.29. The van der Waals surface area contributed by atoms with E-state index in [-0.39, 0.29) is 19.0 Å². The summed E-state index contributed by atoms with van der Waals surface area (Å²) in [5.74, 6) is 1.81. The van der Waals surface area contributed by atoms with Crippen molar-refractivity contribution in [2.75, 3.05) is 26.2 Å². The third kappa shape index (κ3) is 4.35. The van der Waals surface area contributed by atoms with Gasteiger partial charge in [0.2, 0.25) is 0 Å². The van der Waals surface area contributed by atoms with Crippen LogP contribution in [-0.2, 0) is 6.42 Å². The SMILES string of the molecule is COc1cc2c(cc1OCC(C)(CO)CCl)Cc1c(-c3ccc(-c4ccc(O)cc4)cc3)n[nH]c1-2. The fourth-order valence-corrected chi connectivity index (χ4v) is 4.46. The molecule has 1 unspecified atom stereocenters. The van der Waals surface area contributed by atoms with Gasteiger partial charge in [-0.15, -0.1) is 11.6 Å². The van der Waals surface area contributed by atoms with Crippen LogP contribution < -0.4 is 9.47 Å². The zero-order valence-corrected chi connectivity index (χ0v) is 20.4. The summed E-state index contributed by atoms with van der Waals surface area (Å²) in [5, 5.41) is 27.0. The maximum atomic E-state index is 9.65. The highest BCUT2D eigenvalue weighted by Crippen LogP contribution is 2.45. The number of aromatic amines is 1. The minimum atomic E-state index is -0.529. The van der Waals surface area contributed by atoms with Gasteiger partial charge in [0.05, 0.1) is 31.7 Å². The lowest BCUT2D eigenvalue weighted by Crippen LogP contribution is -2.31. The number of benzene rings is 3. The highest BCUT2D eigenvalue weighted by atomic mass is 35.5. The van der Waals surface area contributed by atoms with E-state index < -0.39 is 5.41 Å². The number of aliphatic hydroxyl groups excluding tert-OH is 1. The van der Waals surface area contributed by atoms with E-state index in [4.69, 9.17) is 21.1 Å². The molecule has 4 aromatic rings. The van der Waals surface area contributed by atoms with Crippen LogP contribution in [0.1, 0.15) is 18.1 Å². The summed E-state index contributed by atoms with van der Waals surface area (Å²) in [6.45, 7) is 2.11. The Morgan fingerprint density at radius 3 is 2.29 bits per heavy atom. The fraction of sp³-hybridized carbons (Fsp3) is 0.250. The number of fused-ring (bicyclic) bond motifs is 3. The second-order valence-corrected chi connectivity index (χ2v) is 9.55. The molecule has 0 aliphatic heterocycles. The van der Waals surface area contributed by atoms with Crippen LogP contribution in [0.15, 0.2) is 60.7 Å². The number of phenols is 1. The summed E-state index contributed by atoms with van der Waals surface area (Å²) < 4.78 is 11.6. The van der Waals surface area contributed by atoms with Crippen LogP contribution in [0.2, 0.25) is 0 Å². The molecule has 6 nitrogen and oxygen atoms in total. The Balaban J connectivity index is 1.42. The second-order valence-electron chi connectivity index (χ2n) is 9.28. The number of nitrogens with zero attached hydrogens (tertiary/aromatic N) is 1. The van der Waals surface area contributed by atoms with Gasteiger partial charge in [-0.3, -0.25) is 5.10 Å². The molecule has 1 aromatic heterocycles. The molecule has 0 amide bonds. The number of aromatic nitrogens is 2. The van der Waals surface area contributed by atoms with Gasteiger partial charge in [-0.25, -0.2) is 0 Å².